The molecule has 0 aliphatic carbocycles. The maximum atomic E-state index is 13.3. The third-order valence-electron chi connectivity index (χ3n) is 5.06. The first-order valence-corrected chi connectivity index (χ1v) is 11.4. The molecule has 1 heterocycles. The lowest BCUT2D eigenvalue weighted by Crippen LogP contribution is -2.46. The first kappa shape index (κ1) is 21.2. The number of amides is 1. The van der Waals surface area contributed by atoms with E-state index in [-0.39, 0.29) is 17.3 Å². The Morgan fingerprint density at radius 3 is 2.45 bits per heavy atom. The van der Waals surface area contributed by atoms with E-state index >= 15 is 0 Å². The molecule has 2 aromatic rings. The lowest BCUT2D eigenvalue weighted by molar-refractivity contribution is -0.131. The molecule has 6 nitrogen and oxygen atoms in total. The number of sulfonamides is 1. The topological polar surface area (TPSA) is 66.9 Å². The van der Waals surface area contributed by atoms with Gasteiger partial charge in [0.2, 0.25) is 5.91 Å². The summed E-state index contributed by atoms with van der Waals surface area (Å²) < 4.78 is 33.3. The second kappa shape index (κ2) is 9.31. The van der Waals surface area contributed by atoms with Crippen LogP contribution in [-0.4, -0.2) is 45.5 Å². The molecule has 29 heavy (non-hydrogen) atoms. The smallest absolute Gasteiger partial charge is 0.264 e. The summed E-state index contributed by atoms with van der Waals surface area (Å²) in [5.41, 5.74) is 0.440. The first-order valence-electron chi connectivity index (χ1n) is 10.00. The van der Waals surface area contributed by atoms with Crippen LogP contribution < -0.4 is 9.04 Å². The molecule has 1 saturated heterocycles. The Morgan fingerprint density at radius 2 is 1.83 bits per heavy atom. The molecule has 1 fully saturated rings. The summed E-state index contributed by atoms with van der Waals surface area (Å²) in [5.74, 6) is 0.909. The van der Waals surface area contributed by atoms with Crippen LogP contribution >= 0.6 is 0 Å². The number of rotatable bonds is 7. The highest BCUT2D eigenvalue weighted by molar-refractivity contribution is 7.92. The molecule has 0 N–H and O–H groups in total. The van der Waals surface area contributed by atoms with Crippen molar-refractivity contribution in [1.29, 1.82) is 0 Å². The number of anilines is 1. The van der Waals surface area contributed by atoms with Gasteiger partial charge in [-0.25, -0.2) is 8.42 Å². The van der Waals surface area contributed by atoms with Crippen LogP contribution in [0.5, 0.6) is 5.75 Å². The minimum Gasteiger partial charge on any atom is -0.494 e. The van der Waals surface area contributed by atoms with Crippen molar-refractivity contribution in [2.24, 2.45) is 5.92 Å². The molecule has 1 aliphatic heterocycles. The summed E-state index contributed by atoms with van der Waals surface area (Å²) in [5, 5.41) is 0. The Hall–Kier alpha value is -2.54. The third-order valence-corrected chi connectivity index (χ3v) is 6.84. The molecule has 0 saturated carbocycles. The zero-order valence-corrected chi connectivity index (χ0v) is 17.8. The van der Waals surface area contributed by atoms with Gasteiger partial charge in [0.15, 0.2) is 0 Å². The maximum absolute atomic E-state index is 13.3. The fourth-order valence-electron chi connectivity index (χ4n) is 3.55. The van der Waals surface area contributed by atoms with Crippen molar-refractivity contribution in [2.45, 2.75) is 31.6 Å². The normalized spacial score (nSPS) is 17.0. The van der Waals surface area contributed by atoms with Crippen molar-refractivity contribution in [3.05, 3.63) is 54.6 Å². The molecule has 0 spiro atoms. The summed E-state index contributed by atoms with van der Waals surface area (Å²) in [4.78, 5) is 14.9. The molecule has 1 amide bonds. The molecular weight excluding hydrogens is 388 g/mol. The highest BCUT2D eigenvalue weighted by Gasteiger charge is 2.30. The zero-order valence-electron chi connectivity index (χ0n) is 17.0. The monoisotopic (exact) mass is 416 g/mol. The van der Waals surface area contributed by atoms with Gasteiger partial charge >= 0.3 is 0 Å². The predicted molar refractivity (Wildman–Crippen MR) is 114 cm³/mol. The fraction of sp³-hybridized carbons (Fsp3) is 0.409. The maximum Gasteiger partial charge on any atom is 0.264 e. The van der Waals surface area contributed by atoms with Gasteiger partial charge in [-0.3, -0.25) is 9.10 Å². The Morgan fingerprint density at radius 1 is 1.14 bits per heavy atom. The van der Waals surface area contributed by atoms with Gasteiger partial charge in [-0.05, 0) is 62.1 Å². The second-order valence-electron chi connectivity index (χ2n) is 7.34. The predicted octanol–water partition coefficient (Wildman–Crippen LogP) is 3.54. The molecule has 7 heteroatoms. The fourth-order valence-corrected chi connectivity index (χ4v) is 4.98. The van der Waals surface area contributed by atoms with Crippen molar-refractivity contribution >= 4 is 21.6 Å². The highest BCUT2D eigenvalue weighted by Crippen LogP contribution is 2.26. The van der Waals surface area contributed by atoms with Crippen LogP contribution in [0, 0.1) is 5.92 Å². The number of nitrogens with zero attached hydrogens (tertiary/aromatic N) is 2. The molecule has 0 unspecified atom stereocenters. The number of hydrogen-bond acceptors (Lipinski definition) is 4. The van der Waals surface area contributed by atoms with Crippen LogP contribution in [-0.2, 0) is 14.8 Å². The van der Waals surface area contributed by atoms with Crippen molar-refractivity contribution in [2.75, 3.05) is 30.5 Å². The summed E-state index contributed by atoms with van der Waals surface area (Å²) in [6, 6.07) is 15.0. The Bertz CT molecular complexity index is 914. The van der Waals surface area contributed by atoms with Gasteiger partial charge in [0.25, 0.3) is 10.0 Å². The minimum atomic E-state index is -3.88. The number of piperidine rings is 1. The van der Waals surface area contributed by atoms with Crippen molar-refractivity contribution in [3.8, 4) is 5.75 Å². The largest absolute Gasteiger partial charge is 0.494 e. The number of likely N-dealkylation sites (tertiary alicyclic amines) is 1. The average Bonchev–Trinajstić information content (AvgIpc) is 2.73. The van der Waals surface area contributed by atoms with Crippen LogP contribution in [0.25, 0.3) is 0 Å². The Labute approximate surface area is 173 Å². The molecule has 1 aliphatic rings. The molecule has 0 bridgehead atoms. The van der Waals surface area contributed by atoms with Crippen LogP contribution in [0.4, 0.5) is 5.69 Å². The van der Waals surface area contributed by atoms with E-state index in [1.54, 1.807) is 59.5 Å². The number of benzene rings is 2. The van der Waals surface area contributed by atoms with Gasteiger partial charge in [-0.1, -0.05) is 25.1 Å². The van der Waals surface area contributed by atoms with Crippen LogP contribution in [0.1, 0.15) is 26.7 Å². The highest BCUT2D eigenvalue weighted by atomic mass is 32.2. The third kappa shape index (κ3) is 5.09. The van der Waals surface area contributed by atoms with E-state index in [0.29, 0.717) is 37.1 Å². The molecular formula is C22H28N2O4S. The lowest BCUT2D eigenvalue weighted by atomic mass is 10.0. The zero-order chi connectivity index (χ0) is 20.9. The van der Waals surface area contributed by atoms with Gasteiger partial charge in [0.05, 0.1) is 17.2 Å². The van der Waals surface area contributed by atoms with E-state index in [1.165, 1.54) is 4.31 Å². The van der Waals surface area contributed by atoms with E-state index in [2.05, 4.69) is 6.92 Å². The molecule has 156 valence electrons. The van der Waals surface area contributed by atoms with Gasteiger partial charge < -0.3 is 9.64 Å². The van der Waals surface area contributed by atoms with Crippen LogP contribution in [0.2, 0.25) is 0 Å². The van der Waals surface area contributed by atoms with Crippen molar-refractivity contribution < 1.29 is 17.9 Å². The van der Waals surface area contributed by atoms with E-state index in [4.69, 9.17) is 4.74 Å². The van der Waals surface area contributed by atoms with Crippen molar-refractivity contribution in [1.82, 2.24) is 4.90 Å². The molecule has 3 rings (SSSR count). The van der Waals surface area contributed by atoms with Gasteiger partial charge in [-0.2, -0.15) is 0 Å². The van der Waals surface area contributed by atoms with Crippen LogP contribution in [0.15, 0.2) is 59.5 Å². The van der Waals surface area contributed by atoms with Gasteiger partial charge in [-0.15, -0.1) is 0 Å². The number of hydrogen-bond donors (Lipinski definition) is 0. The molecule has 0 aromatic heterocycles. The summed E-state index contributed by atoms with van der Waals surface area (Å²) >= 11 is 0. The van der Waals surface area contributed by atoms with E-state index in [9.17, 15) is 13.2 Å². The van der Waals surface area contributed by atoms with E-state index < -0.39 is 10.0 Å². The van der Waals surface area contributed by atoms with Gasteiger partial charge in [0, 0.05) is 13.1 Å². The summed E-state index contributed by atoms with van der Waals surface area (Å²) in [7, 11) is -3.88. The van der Waals surface area contributed by atoms with Crippen molar-refractivity contribution in [3.63, 3.8) is 0 Å². The standard InChI is InChI=1S/C22H28N2O4S/c1-3-28-20-13-11-19(12-14-20)24(29(26,27)21-9-5-4-6-10-21)17-22(25)23-15-7-8-18(2)16-23/h4-6,9-14,18H,3,7-8,15-17H2,1-2H3/t18-/m1/s1. The summed E-state index contributed by atoms with van der Waals surface area (Å²) in [6.45, 7) is 5.64. The second-order valence-corrected chi connectivity index (χ2v) is 9.20. The number of carbonyl (C=O) groups excluding carboxylic acids is 1. The Kier molecular flexibility index (Phi) is 6.79. The average molecular weight is 417 g/mol. The molecule has 2 aromatic carbocycles. The lowest BCUT2D eigenvalue weighted by Gasteiger charge is -2.33. The number of carbonyl (C=O) groups is 1. The molecule has 0 radical (unpaired) electrons. The molecule has 1 atom stereocenters. The minimum absolute atomic E-state index is 0.161. The SMILES string of the molecule is CCOc1ccc(N(CC(=O)N2CCC[C@@H](C)C2)S(=O)(=O)c2ccccc2)cc1. The van der Waals surface area contributed by atoms with Crippen LogP contribution in [0.3, 0.4) is 0 Å². The van der Waals surface area contributed by atoms with E-state index in [1.807, 2.05) is 6.92 Å². The van der Waals surface area contributed by atoms with Gasteiger partial charge in [0.1, 0.15) is 12.3 Å². The quantitative estimate of drug-likeness (QED) is 0.692. The Balaban J connectivity index is 1.92. The summed E-state index contributed by atoms with van der Waals surface area (Å²) in [6.07, 6.45) is 2.04. The van der Waals surface area contributed by atoms with E-state index in [0.717, 1.165) is 12.8 Å². The first-order chi connectivity index (χ1) is 13.9. The number of ether oxygens (including phenoxy) is 1.